The van der Waals surface area contributed by atoms with Crippen LogP contribution in [0.25, 0.3) is 0 Å². The van der Waals surface area contributed by atoms with Gasteiger partial charge >= 0.3 is 0 Å². The zero-order valence-corrected chi connectivity index (χ0v) is 12.8. The molecule has 2 aromatic rings. The van der Waals surface area contributed by atoms with Crippen molar-refractivity contribution in [1.29, 1.82) is 0 Å². The monoisotopic (exact) mass is 302 g/mol. The number of nitrogens with zero attached hydrogens (tertiary/aromatic N) is 2. The highest BCUT2D eigenvalue weighted by Crippen LogP contribution is 2.29. The van der Waals surface area contributed by atoms with Crippen LogP contribution in [0.1, 0.15) is 23.4 Å². The summed E-state index contributed by atoms with van der Waals surface area (Å²) in [6.45, 7) is 0.630. The molecular formula is C16H18N2O2S. The van der Waals surface area contributed by atoms with Gasteiger partial charge < -0.3 is 9.64 Å². The lowest BCUT2D eigenvalue weighted by molar-refractivity contribution is -0.131. The van der Waals surface area contributed by atoms with Crippen molar-refractivity contribution in [3.63, 3.8) is 0 Å². The Kier molecular flexibility index (Phi) is 4.20. The van der Waals surface area contributed by atoms with Crippen molar-refractivity contribution in [3.8, 4) is 5.75 Å². The van der Waals surface area contributed by atoms with E-state index in [0.29, 0.717) is 19.0 Å². The van der Waals surface area contributed by atoms with E-state index in [0.717, 1.165) is 29.2 Å². The third-order valence-corrected chi connectivity index (χ3v) is 4.35. The van der Waals surface area contributed by atoms with E-state index < -0.39 is 0 Å². The highest BCUT2D eigenvalue weighted by molar-refractivity contribution is 7.09. The second-order valence-electron chi connectivity index (χ2n) is 5.21. The average molecular weight is 302 g/mol. The van der Waals surface area contributed by atoms with Gasteiger partial charge in [-0.2, -0.15) is 0 Å². The highest BCUT2D eigenvalue weighted by atomic mass is 32.1. The predicted octanol–water partition coefficient (Wildman–Crippen LogP) is 2.89. The van der Waals surface area contributed by atoms with Crippen LogP contribution in [0, 0.1) is 0 Å². The number of rotatable bonds is 6. The van der Waals surface area contributed by atoms with Crippen LogP contribution in [0.5, 0.6) is 5.75 Å². The Labute approximate surface area is 128 Å². The van der Waals surface area contributed by atoms with Crippen molar-refractivity contribution < 1.29 is 9.53 Å². The summed E-state index contributed by atoms with van der Waals surface area (Å²) >= 11 is 1.60. The van der Waals surface area contributed by atoms with E-state index in [-0.39, 0.29) is 5.91 Å². The number of hydrogen-bond acceptors (Lipinski definition) is 4. The lowest BCUT2D eigenvalue weighted by Gasteiger charge is -2.21. The molecule has 0 unspecified atom stereocenters. The number of ether oxygens (including phenoxy) is 1. The minimum absolute atomic E-state index is 0.168. The molecule has 5 heteroatoms. The first-order valence-electron chi connectivity index (χ1n) is 7.07. The molecule has 4 nitrogen and oxygen atoms in total. The Morgan fingerprint density at radius 2 is 2.33 bits per heavy atom. The summed E-state index contributed by atoms with van der Waals surface area (Å²) in [5, 5.41) is 2.95. The minimum Gasteiger partial charge on any atom is -0.497 e. The predicted molar refractivity (Wildman–Crippen MR) is 82.4 cm³/mol. The zero-order chi connectivity index (χ0) is 14.7. The summed E-state index contributed by atoms with van der Waals surface area (Å²) in [6, 6.07) is 8.10. The molecule has 1 saturated carbocycles. The first-order valence-corrected chi connectivity index (χ1v) is 7.95. The van der Waals surface area contributed by atoms with Gasteiger partial charge in [-0.25, -0.2) is 4.98 Å². The lowest BCUT2D eigenvalue weighted by Crippen LogP contribution is -2.33. The maximum Gasteiger partial charge on any atom is 0.227 e. The largest absolute Gasteiger partial charge is 0.497 e. The molecule has 0 aliphatic heterocycles. The average Bonchev–Trinajstić information content (AvgIpc) is 3.21. The fourth-order valence-corrected chi connectivity index (χ4v) is 2.96. The molecule has 1 aromatic carbocycles. The van der Waals surface area contributed by atoms with E-state index in [2.05, 4.69) is 4.98 Å². The quantitative estimate of drug-likeness (QED) is 0.824. The molecule has 0 bridgehead atoms. The van der Waals surface area contributed by atoms with Crippen LogP contribution in [-0.2, 0) is 17.8 Å². The number of carbonyl (C=O) groups excluding carboxylic acids is 1. The Morgan fingerprint density at radius 1 is 1.48 bits per heavy atom. The van der Waals surface area contributed by atoms with E-state index in [4.69, 9.17) is 4.74 Å². The number of amides is 1. The molecule has 1 aliphatic carbocycles. The zero-order valence-electron chi connectivity index (χ0n) is 12.0. The molecule has 0 atom stereocenters. The molecule has 1 aromatic heterocycles. The summed E-state index contributed by atoms with van der Waals surface area (Å²) in [4.78, 5) is 18.8. The van der Waals surface area contributed by atoms with Crippen LogP contribution in [0.3, 0.4) is 0 Å². The minimum atomic E-state index is 0.168. The van der Waals surface area contributed by atoms with Crippen molar-refractivity contribution >= 4 is 17.2 Å². The summed E-state index contributed by atoms with van der Waals surface area (Å²) in [5.74, 6) is 0.958. The summed E-state index contributed by atoms with van der Waals surface area (Å²) in [6.07, 6.45) is 4.42. The van der Waals surface area contributed by atoms with Crippen molar-refractivity contribution in [2.75, 3.05) is 7.11 Å². The molecule has 0 radical (unpaired) electrons. The number of methoxy groups -OCH3 is 1. The normalized spacial score (nSPS) is 14.0. The number of thiazole rings is 1. The van der Waals surface area contributed by atoms with Crippen molar-refractivity contribution in [2.45, 2.75) is 31.8 Å². The standard InChI is InChI=1S/C16H18N2O2S/c1-20-14-4-2-3-12(9-14)10-16(19)18(13-5-6-13)11-15-17-7-8-21-15/h2-4,7-9,13H,5-6,10-11H2,1H3. The summed E-state index contributed by atoms with van der Waals surface area (Å²) in [7, 11) is 1.64. The number of aromatic nitrogens is 1. The molecule has 1 fully saturated rings. The Morgan fingerprint density at radius 3 is 3.00 bits per heavy atom. The molecule has 0 saturated heterocycles. The van der Waals surface area contributed by atoms with Crippen LogP contribution < -0.4 is 4.74 Å². The molecule has 1 amide bonds. The van der Waals surface area contributed by atoms with Gasteiger partial charge in [0, 0.05) is 17.6 Å². The Balaban J connectivity index is 1.69. The second-order valence-corrected chi connectivity index (χ2v) is 6.19. The molecule has 0 N–H and O–H groups in total. The molecular weight excluding hydrogens is 284 g/mol. The fraction of sp³-hybridized carbons (Fsp3) is 0.375. The van der Waals surface area contributed by atoms with Crippen LogP contribution in [0.4, 0.5) is 0 Å². The van der Waals surface area contributed by atoms with Gasteiger partial charge in [0.2, 0.25) is 5.91 Å². The molecule has 110 valence electrons. The van der Waals surface area contributed by atoms with Crippen LogP contribution in [-0.4, -0.2) is 28.9 Å². The first-order chi connectivity index (χ1) is 10.3. The molecule has 1 heterocycles. The van der Waals surface area contributed by atoms with Crippen LogP contribution in [0.2, 0.25) is 0 Å². The van der Waals surface area contributed by atoms with E-state index in [1.54, 1.807) is 24.6 Å². The van der Waals surface area contributed by atoms with E-state index in [1.165, 1.54) is 0 Å². The topological polar surface area (TPSA) is 42.4 Å². The third-order valence-electron chi connectivity index (χ3n) is 3.59. The van der Waals surface area contributed by atoms with Gasteiger partial charge in [-0.1, -0.05) is 12.1 Å². The second kappa shape index (κ2) is 6.26. The lowest BCUT2D eigenvalue weighted by atomic mass is 10.1. The van der Waals surface area contributed by atoms with Gasteiger partial charge in [0.1, 0.15) is 10.8 Å². The van der Waals surface area contributed by atoms with Crippen molar-refractivity contribution in [1.82, 2.24) is 9.88 Å². The van der Waals surface area contributed by atoms with Crippen molar-refractivity contribution in [3.05, 3.63) is 46.4 Å². The number of carbonyl (C=O) groups is 1. The molecule has 3 rings (SSSR count). The number of benzene rings is 1. The Hall–Kier alpha value is -1.88. The number of hydrogen-bond donors (Lipinski definition) is 0. The SMILES string of the molecule is COc1cccc(CC(=O)N(Cc2nccs2)C2CC2)c1. The van der Waals surface area contributed by atoms with Gasteiger partial charge in [-0.05, 0) is 30.5 Å². The van der Waals surface area contributed by atoms with Gasteiger partial charge in [0.15, 0.2) is 0 Å². The van der Waals surface area contributed by atoms with Gasteiger partial charge in [-0.15, -0.1) is 11.3 Å². The smallest absolute Gasteiger partial charge is 0.227 e. The maximum atomic E-state index is 12.6. The molecule has 21 heavy (non-hydrogen) atoms. The molecule has 1 aliphatic rings. The van der Waals surface area contributed by atoms with Gasteiger partial charge in [-0.3, -0.25) is 4.79 Å². The third kappa shape index (κ3) is 3.61. The van der Waals surface area contributed by atoms with Crippen LogP contribution in [0.15, 0.2) is 35.8 Å². The summed E-state index contributed by atoms with van der Waals surface area (Å²) in [5.41, 5.74) is 0.990. The Bertz CT molecular complexity index is 608. The van der Waals surface area contributed by atoms with E-state index in [1.807, 2.05) is 34.5 Å². The van der Waals surface area contributed by atoms with E-state index >= 15 is 0 Å². The van der Waals surface area contributed by atoms with Crippen molar-refractivity contribution in [2.24, 2.45) is 0 Å². The fourth-order valence-electron chi connectivity index (χ4n) is 2.34. The first kappa shape index (κ1) is 14.1. The maximum absolute atomic E-state index is 12.6. The van der Waals surface area contributed by atoms with E-state index in [9.17, 15) is 4.79 Å². The van der Waals surface area contributed by atoms with Gasteiger partial charge in [0.25, 0.3) is 0 Å². The van der Waals surface area contributed by atoms with Crippen LogP contribution >= 0.6 is 11.3 Å². The summed E-state index contributed by atoms with van der Waals surface area (Å²) < 4.78 is 5.21. The van der Waals surface area contributed by atoms with Gasteiger partial charge in [0.05, 0.1) is 20.1 Å². The highest BCUT2D eigenvalue weighted by Gasteiger charge is 2.32. The molecule has 0 spiro atoms.